The van der Waals surface area contributed by atoms with Crippen molar-refractivity contribution in [3.63, 3.8) is 0 Å². The third kappa shape index (κ3) is 3.27. The normalized spacial score (nSPS) is 16.8. The first-order valence-corrected chi connectivity index (χ1v) is 7.21. The number of hydrogen-bond acceptors (Lipinski definition) is 1. The molecule has 0 bridgehead atoms. The first-order valence-electron chi connectivity index (χ1n) is 7.21. The zero-order valence-corrected chi connectivity index (χ0v) is 12.4. The number of carboxylic acids is 1. The Labute approximate surface area is 136 Å². The lowest BCUT2D eigenvalue weighted by molar-refractivity contribution is -0.182. The summed E-state index contributed by atoms with van der Waals surface area (Å²) in [5.41, 5.74) is 1.49. The molecule has 6 heteroatoms. The van der Waals surface area contributed by atoms with Gasteiger partial charge in [0.25, 0.3) is 0 Å². The van der Waals surface area contributed by atoms with Crippen LogP contribution in [0.15, 0.2) is 54.1 Å². The Hall–Kier alpha value is -2.76. The van der Waals surface area contributed by atoms with E-state index in [1.165, 1.54) is 0 Å². The van der Waals surface area contributed by atoms with Crippen molar-refractivity contribution in [2.24, 2.45) is 0 Å². The molecule has 0 spiro atoms. The topological polar surface area (TPSA) is 50.9 Å². The minimum absolute atomic E-state index is 0.0655. The molecule has 2 aromatic carbocycles. The highest BCUT2D eigenvalue weighted by atomic mass is 19.4. The zero-order valence-electron chi connectivity index (χ0n) is 12.4. The maximum absolute atomic E-state index is 13.1. The third-order valence-corrected chi connectivity index (χ3v) is 3.72. The van der Waals surface area contributed by atoms with Crippen LogP contribution in [0.1, 0.15) is 16.7 Å². The highest BCUT2D eigenvalue weighted by Crippen LogP contribution is 2.37. The van der Waals surface area contributed by atoms with E-state index in [0.717, 1.165) is 17.2 Å². The molecule has 1 unspecified atom stereocenters. The lowest BCUT2D eigenvalue weighted by Gasteiger charge is -2.26. The molecule has 1 heterocycles. The molecule has 3 nitrogen and oxygen atoms in total. The van der Waals surface area contributed by atoms with E-state index < -0.39 is 23.8 Å². The summed E-state index contributed by atoms with van der Waals surface area (Å²) in [5.74, 6) is -1.33. The van der Waals surface area contributed by atoms with Crippen LogP contribution in [0.25, 0.3) is 6.08 Å². The van der Waals surface area contributed by atoms with E-state index in [2.05, 4.69) is 0 Å². The molecule has 1 aliphatic heterocycles. The van der Waals surface area contributed by atoms with Crippen molar-refractivity contribution in [3.05, 3.63) is 70.8 Å². The van der Waals surface area contributed by atoms with Gasteiger partial charge in [0.2, 0.25) is 6.10 Å². The molecular formula is C18H14F3O3+. The van der Waals surface area contributed by atoms with Gasteiger partial charge in [0.15, 0.2) is 0 Å². The summed E-state index contributed by atoms with van der Waals surface area (Å²) in [6.45, 7) is 0. The van der Waals surface area contributed by atoms with Crippen LogP contribution in [0.4, 0.5) is 13.2 Å². The lowest BCUT2D eigenvalue weighted by atomic mass is 9.98. The quantitative estimate of drug-likeness (QED) is 0.861. The Morgan fingerprint density at radius 2 is 1.79 bits per heavy atom. The number of rotatable bonds is 3. The van der Waals surface area contributed by atoms with Crippen LogP contribution in [-0.2, 0) is 6.42 Å². The van der Waals surface area contributed by atoms with Gasteiger partial charge in [0.1, 0.15) is 11.3 Å². The van der Waals surface area contributed by atoms with E-state index >= 15 is 0 Å². The fourth-order valence-electron chi connectivity index (χ4n) is 2.60. The van der Waals surface area contributed by atoms with Crippen LogP contribution in [-0.4, -0.2) is 28.2 Å². The van der Waals surface area contributed by atoms with Crippen LogP contribution in [0.5, 0.6) is 5.75 Å². The molecule has 0 radical (unpaired) electrons. The van der Waals surface area contributed by atoms with Crippen molar-refractivity contribution in [2.75, 3.05) is 0 Å². The maximum atomic E-state index is 13.1. The second-order valence-electron chi connectivity index (χ2n) is 5.50. The van der Waals surface area contributed by atoms with Gasteiger partial charge >= 0.3 is 12.1 Å². The fraction of sp³-hybridized carbons (Fsp3) is 0.167. The number of halogens is 3. The summed E-state index contributed by atoms with van der Waals surface area (Å²) in [7, 11) is 0. The fourth-order valence-corrected chi connectivity index (χ4v) is 2.60. The third-order valence-electron chi connectivity index (χ3n) is 3.72. The molecule has 0 fully saturated rings. The van der Waals surface area contributed by atoms with Crippen molar-refractivity contribution in [1.82, 2.24) is 0 Å². The standard InChI is InChI=1S/C18H13F3O3/c19-18(20,21)16-14(17(22)23)10-13-7-6-12(9-15(13)24-16)8-11-4-2-1-3-5-11/h1-7,9-10,16H,8H2,(H,22,23)/p+1. The van der Waals surface area contributed by atoms with Gasteiger partial charge in [0.05, 0.1) is 0 Å². The molecule has 0 aromatic heterocycles. The van der Waals surface area contributed by atoms with Crippen molar-refractivity contribution < 1.29 is 27.8 Å². The number of ether oxygens (including phenoxy) is 1. The number of carboxylic acid groups (broad SMARTS) is 1. The van der Waals surface area contributed by atoms with E-state index in [-0.39, 0.29) is 5.75 Å². The Bertz CT molecular complexity index is 795. The first-order chi connectivity index (χ1) is 11.3. The molecule has 0 amide bonds. The molecule has 124 valence electrons. The first kappa shape index (κ1) is 16.1. The summed E-state index contributed by atoms with van der Waals surface area (Å²) in [4.78, 5) is 9.11. The molecule has 0 aliphatic carbocycles. The summed E-state index contributed by atoms with van der Waals surface area (Å²) in [5, 5.41) is 9.11. The molecule has 2 aromatic rings. The smallest absolute Gasteiger partial charge is 0.475 e. The van der Waals surface area contributed by atoms with Crippen LogP contribution >= 0.6 is 0 Å². The van der Waals surface area contributed by atoms with Gasteiger partial charge < -0.3 is 14.6 Å². The SMILES string of the molecule is OC(=[OH+])C1=Cc2ccc(Cc3ccccc3)cc2OC1C(F)(F)F. The molecule has 1 atom stereocenters. The van der Waals surface area contributed by atoms with Gasteiger partial charge in [0, 0.05) is 5.56 Å². The summed E-state index contributed by atoms with van der Waals surface area (Å²) in [6, 6.07) is 14.4. The van der Waals surface area contributed by atoms with Crippen molar-refractivity contribution in [1.29, 1.82) is 0 Å². The Balaban J connectivity index is 1.95. The lowest BCUT2D eigenvalue weighted by Crippen LogP contribution is -2.40. The van der Waals surface area contributed by atoms with Gasteiger partial charge in [-0.15, -0.1) is 0 Å². The average molecular weight is 335 g/mol. The predicted octanol–water partition coefficient (Wildman–Crippen LogP) is 4.04. The van der Waals surface area contributed by atoms with Crippen LogP contribution in [0.3, 0.4) is 0 Å². The number of hydrogen-bond donors (Lipinski definition) is 1. The Kier molecular flexibility index (Phi) is 4.05. The predicted molar refractivity (Wildman–Crippen MR) is 83.7 cm³/mol. The summed E-state index contributed by atoms with van der Waals surface area (Å²) < 4.78 is 44.3. The van der Waals surface area contributed by atoms with E-state index in [9.17, 15) is 13.2 Å². The highest BCUT2D eigenvalue weighted by molar-refractivity contribution is 5.95. The van der Waals surface area contributed by atoms with E-state index in [4.69, 9.17) is 14.6 Å². The molecular weight excluding hydrogens is 321 g/mol. The second-order valence-corrected chi connectivity index (χ2v) is 5.50. The van der Waals surface area contributed by atoms with Crippen molar-refractivity contribution in [2.45, 2.75) is 18.7 Å². The van der Waals surface area contributed by atoms with Crippen molar-refractivity contribution >= 4 is 12.0 Å². The van der Waals surface area contributed by atoms with Crippen LogP contribution < -0.4 is 4.74 Å². The van der Waals surface area contributed by atoms with Gasteiger partial charge in [-0.1, -0.05) is 42.5 Å². The molecule has 0 saturated carbocycles. The van der Waals surface area contributed by atoms with Crippen molar-refractivity contribution in [3.8, 4) is 5.75 Å². The molecule has 0 saturated heterocycles. The number of benzene rings is 2. The molecule has 3 rings (SSSR count). The van der Waals surface area contributed by atoms with Gasteiger partial charge in [-0.05, 0) is 29.7 Å². The summed E-state index contributed by atoms with van der Waals surface area (Å²) >= 11 is 0. The van der Waals surface area contributed by atoms with Crippen LogP contribution in [0.2, 0.25) is 0 Å². The average Bonchev–Trinajstić information content (AvgIpc) is 2.53. The van der Waals surface area contributed by atoms with E-state index in [0.29, 0.717) is 12.0 Å². The number of fused-ring (bicyclic) bond motifs is 1. The molecule has 24 heavy (non-hydrogen) atoms. The Morgan fingerprint density at radius 1 is 1.08 bits per heavy atom. The van der Waals surface area contributed by atoms with Gasteiger partial charge in [-0.3, -0.25) is 0 Å². The van der Waals surface area contributed by atoms with E-state index in [1.807, 2.05) is 30.3 Å². The largest absolute Gasteiger partial charge is 0.515 e. The van der Waals surface area contributed by atoms with Gasteiger partial charge in [-0.2, -0.15) is 13.2 Å². The minimum atomic E-state index is -4.75. The van der Waals surface area contributed by atoms with E-state index in [1.54, 1.807) is 18.2 Å². The number of alkyl halides is 3. The monoisotopic (exact) mass is 335 g/mol. The molecule has 2 N–H and O–H groups in total. The minimum Gasteiger partial charge on any atom is -0.475 e. The molecule has 1 aliphatic rings. The number of aliphatic hydroxyl groups excluding tert-OH is 1. The van der Waals surface area contributed by atoms with Crippen LogP contribution in [0, 0.1) is 0 Å². The summed E-state index contributed by atoms with van der Waals surface area (Å²) in [6.07, 6.45) is -5.52. The maximum Gasteiger partial charge on any atom is 0.515 e. The highest BCUT2D eigenvalue weighted by Gasteiger charge is 2.50. The Morgan fingerprint density at radius 3 is 2.42 bits per heavy atom. The zero-order chi connectivity index (χ0) is 17.3. The van der Waals surface area contributed by atoms with Gasteiger partial charge in [-0.25, -0.2) is 0 Å². The second kappa shape index (κ2) is 6.03. The number of aliphatic carboxylic acids is 1.